The highest BCUT2D eigenvalue weighted by atomic mass is 32.1. The summed E-state index contributed by atoms with van der Waals surface area (Å²) in [6.07, 6.45) is -4.38. The number of H-pyrrole nitrogens is 1. The molecule has 138 valence electrons. The molecule has 0 radical (unpaired) electrons. The van der Waals surface area contributed by atoms with E-state index in [1.54, 1.807) is 35.9 Å². The summed E-state index contributed by atoms with van der Waals surface area (Å²) in [6, 6.07) is 11.9. The van der Waals surface area contributed by atoms with Crippen LogP contribution >= 0.6 is 12.2 Å². The van der Waals surface area contributed by atoms with Crippen LogP contribution in [0.4, 0.5) is 13.2 Å². The van der Waals surface area contributed by atoms with Gasteiger partial charge in [-0.15, -0.1) is 0 Å². The number of hydrogen-bond donors (Lipinski definition) is 1. The third-order valence-corrected chi connectivity index (χ3v) is 3.75. The number of aromatic nitrogens is 3. The Hall–Kier alpha value is -2.61. The van der Waals surface area contributed by atoms with Gasteiger partial charge in [0.1, 0.15) is 5.75 Å². The Morgan fingerprint density at radius 3 is 2.08 bits per heavy atom. The molecule has 0 atom stereocenters. The van der Waals surface area contributed by atoms with Gasteiger partial charge in [0.25, 0.3) is 0 Å². The number of halogens is 3. The van der Waals surface area contributed by atoms with Crippen molar-refractivity contribution in [3.05, 3.63) is 58.9 Å². The van der Waals surface area contributed by atoms with Crippen molar-refractivity contribution in [3.63, 3.8) is 0 Å². The van der Waals surface area contributed by atoms with Gasteiger partial charge >= 0.3 is 6.18 Å². The molecule has 4 nitrogen and oxygen atoms in total. The number of methoxy groups -OCH3 is 1. The predicted octanol–water partition coefficient (Wildman–Crippen LogP) is 5.65. The van der Waals surface area contributed by atoms with Crippen molar-refractivity contribution in [3.8, 4) is 22.8 Å². The lowest BCUT2D eigenvalue weighted by atomic mass is 10.1. The van der Waals surface area contributed by atoms with Crippen LogP contribution in [0.3, 0.4) is 0 Å². The van der Waals surface area contributed by atoms with E-state index < -0.39 is 11.7 Å². The maximum atomic E-state index is 12.7. The van der Waals surface area contributed by atoms with E-state index in [1.165, 1.54) is 12.1 Å². The summed E-state index contributed by atoms with van der Waals surface area (Å²) in [4.78, 5) is 0. The molecule has 1 heterocycles. The molecule has 8 heteroatoms. The standard InChI is InChI=1S/C16H12F3N3OS.C2H6/c1-23-13-8-6-12(7-9-13)22-14(20-21-15(22)24)10-2-4-11(5-3-10)16(17,18)19;1-2/h2-9H,1H3,(H,21,24);1-2H3. The van der Waals surface area contributed by atoms with Crippen LogP contribution in [-0.4, -0.2) is 21.9 Å². The molecule has 0 aliphatic carbocycles. The van der Waals surface area contributed by atoms with Crippen LogP contribution in [0.1, 0.15) is 19.4 Å². The molecular formula is C18H18F3N3OS. The van der Waals surface area contributed by atoms with Crippen LogP contribution < -0.4 is 4.74 Å². The maximum Gasteiger partial charge on any atom is 0.416 e. The van der Waals surface area contributed by atoms with Gasteiger partial charge in [0, 0.05) is 5.56 Å². The minimum Gasteiger partial charge on any atom is -0.497 e. The second-order valence-corrected chi connectivity index (χ2v) is 5.35. The quantitative estimate of drug-likeness (QED) is 0.596. The summed E-state index contributed by atoms with van der Waals surface area (Å²) in [6.45, 7) is 4.00. The minimum atomic E-state index is -4.38. The van der Waals surface area contributed by atoms with Crippen LogP contribution in [0.5, 0.6) is 5.75 Å². The van der Waals surface area contributed by atoms with Crippen molar-refractivity contribution < 1.29 is 17.9 Å². The summed E-state index contributed by atoms with van der Waals surface area (Å²) < 4.78 is 45.2. The molecule has 3 aromatic rings. The van der Waals surface area contributed by atoms with E-state index in [0.29, 0.717) is 21.9 Å². The van der Waals surface area contributed by atoms with Crippen molar-refractivity contribution in [2.45, 2.75) is 20.0 Å². The Balaban J connectivity index is 0.00000117. The Bertz CT molecular complexity index is 897. The normalized spacial score (nSPS) is 10.8. The van der Waals surface area contributed by atoms with Gasteiger partial charge in [-0.25, -0.2) is 0 Å². The zero-order valence-electron chi connectivity index (χ0n) is 14.5. The van der Waals surface area contributed by atoms with Gasteiger partial charge in [-0.3, -0.25) is 9.67 Å². The second kappa shape index (κ2) is 8.18. The van der Waals surface area contributed by atoms with Crippen molar-refractivity contribution in [2.75, 3.05) is 7.11 Å². The maximum absolute atomic E-state index is 12.7. The molecule has 0 aliphatic rings. The summed E-state index contributed by atoms with van der Waals surface area (Å²) in [5, 5.41) is 6.80. The average Bonchev–Trinajstić information content (AvgIpc) is 3.04. The predicted molar refractivity (Wildman–Crippen MR) is 97.1 cm³/mol. The number of hydrogen-bond acceptors (Lipinski definition) is 3. The van der Waals surface area contributed by atoms with Crippen molar-refractivity contribution in [1.29, 1.82) is 0 Å². The molecule has 0 spiro atoms. The van der Waals surface area contributed by atoms with Crippen molar-refractivity contribution in [1.82, 2.24) is 14.8 Å². The fourth-order valence-corrected chi connectivity index (χ4v) is 2.51. The molecule has 26 heavy (non-hydrogen) atoms. The summed E-state index contributed by atoms with van der Waals surface area (Å²) in [7, 11) is 1.56. The van der Waals surface area contributed by atoms with Gasteiger partial charge in [0.2, 0.25) is 0 Å². The van der Waals surface area contributed by atoms with E-state index in [9.17, 15) is 13.2 Å². The number of rotatable bonds is 3. The first-order chi connectivity index (χ1) is 12.4. The third kappa shape index (κ3) is 4.13. The molecule has 0 bridgehead atoms. The lowest BCUT2D eigenvalue weighted by molar-refractivity contribution is -0.137. The van der Waals surface area contributed by atoms with Crippen LogP contribution in [0.2, 0.25) is 0 Å². The molecule has 0 aliphatic heterocycles. The topological polar surface area (TPSA) is 42.8 Å². The van der Waals surface area contributed by atoms with Gasteiger partial charge in [-0.1, -0.05) is 26.0 Å². The van der Waals surface area contributed by atoms with Crippen LogP contribution in [0.15, 0.2) is 48.5 Å². The summed E-state index contributed by atoms with van der Waals surface area (Å²) in [5.74, 6) is 1.11. The summed E-state index contributed by atoms with van der Waals surface area (Å²) in [5.41, 5.74) is 0.534. The van der Waals surface area contributed by atoms with Crippen LogP contribution in [0.25, 0.3) is 17.1 Å². The van der Waals surface area contributed by atoms with Gasteiger partial charge in [-0.05, 0) is 48.6 Å². The number of alkyl halides is 3. The minimum absolute atomic E-state index is 0.343. The molecule has 2 aromatic carbocycles. The SMILES string of the molecule is CC.COc1ccc(-n2c(-c3ccc(C(F)(F)F)cc3)n[nH]c2=S)cc1. The van der Waals surface area contributed by atoms with E-state index in [0.717, 1.165) is 17.8 Å². The highest BCUT2D eigenvalue weighted by Gasteiger charge is 2.30. The van der Waals surface area contributed by atoms with E-state index in [-0.39, 0.29) is 0 Å². The molecule has 0 amide bonds. The van der Waals surface area contributed by atoms with Crippen molar-refractivity contribution in [2.24, 2.45) is 0 Å². The molecule has 1 N–H and O–H groups in total. The number of nitrogens with zero attached hydrogens (tertiary/aromatic N) is 2. The van der Waals surface area contributed by atoms with Gasteiger partial charge in [0.05, 0.1) is 18.4 Å². The van der Waals surface area contributed by atoms with Crippen LogP contribution in [0, 0.1) is 4.77 Å². The molecule has 3 rings (SSSR count). The zero-order chi connectivity index (χ0) is 19.3. The Kier molecular flexibility index (Phi) is 6.20. The first kappa shape index (κ1) is 19.7. The lowest BCUT2D eigenvalue weighted by Gasteiger charge is -2.10. The highest BCUT2D eigenvalue weighted by Crippen LogP contribution is 2.31. The number of benzene rings is 2. The Morgan fingerprint density at radius 1 is 1.00 bits per heavy atom. The smallest absolute Gasteiger partial charge is 0.416 e. The van der Waals surface area contributed by atoms with Gasteiger partial charge in [-0.2, -0.15) is 18.3 Å². The number of nitrogens with one attached hydrogen (secondary N) is 1. The fraction of sp³-hybridized carbons (Fsp3) is 0.222. The molecule has 1 aromatic heterocycles. The van der Waals surface area contributed by atoms with Crippen molar-refractivity contribution >= 4 is 12.2 Å². The molecule has 0 unspecified atom stereocenters. The average molecular weight is 381 g/mol. The van der Waals surface area contributed by atoms with E-state index in [4.69, 9.17) is 17.0 Å². The molecule has 0 fully saturated rings. The third-order valence-electron chi connectivity index (χ3n) is 3.47. The Morgan fingerprint density at radius 2 is 1.58 bits per heavy atom. The monoisotopic (exact) mass is 381 g/mol. The van der Waals surface area contributed by atoms with Crippen LogP contribution in [-0.2, 0) is 6.18 Å². The highest BCUT2D eigenvalue weighted by molar-refractivity contribution is 7.71. The van der Waals surface area contributed by atoms with E-state index in [1.807, 2.05) is 13.8 Å². The lowest BCUT2D eigenvalue weighted by Crippen LogP contribution is -2.04. The first-order valence-electron chi connectivity index (χ1n) is 7.89. The zero-order valence-corrected chi connectivity index (χ0v) is 15.3. The Labute approximate surface area is 154 Å². The second-order valence-electron chi connectivity index (χ2n) is 4.96. The first-order valence-corrected chi connectivity index (χ1v) is 8.30. The fourth-order valence-electron chi connectivity index (χ4n) is 2.27. The van der Waals surface area contributed by atoms with Gasteiger partial charge < -0.3 is 4.74 Å². The largest absolute Gasteiger partial charge is 0.497 e. The number of ether oxygens (including phenoxy) is 1. The molecular weight excluding hydrogens is 363 g/mol. The van der Waals surface area contributed by atoms with E-state index >= 15 is 0 Å². The molecule has 0 saturated carbocycles. The van der Waals surface area contributed by atoms with Gasteiger partial charge in [0.15, 0.2) is 10.6 Å². The number of aromatic amines is 1. The molecule has 0 saturated heterocycles. The summed E-state index contributed by atoms with van der Waals surface area (Å²) >= 11 is 5.23. The van der Waals surface area contributed by atoms with E-state index in [2.05, 4.69) is 10.2 Å².